The number of nitrogens with zero attached hydrogens (tertiary/aromatic N) is 2. The Hall–Kier alpha value is -1.85. The van der Waals surface area contributed by atoms with Gasteiger partial charge in [0.2, 0.25) is 0 Å². The number of pyridine rings is 1. The second-order valence-corrected chi connectivity index (χ2v) is 5.43. The molecule has 0 aliphatic heterocycles. The summed E-state index contributed by atoms with van der Waals surface area (Å²) in [6.45, 7) is 0. The van der Waals surface area contributed by atoms with Crippen LogP contribution in [-0.2, 0) is 0 Å². The maximum atomic E-state index is 6.05. The fraction of sp³-hybridized carbons (Fsp3) is 0. The van der Waals surface area contributed by atoms with E-state index in [1.54, 1.807) is 24.5 Å². The summed E-state index contributed by atoms with van der Waals surface area (Å²) in [7, 11) is 0. The lowest BCUT2D eigenvalue weighted by Crippen LogP contribution is -1.89. The molecule has 2 N–H and O–H groups in total. The first-order valence-corrected chi connectivity index (χ1v) is 6.95. The molecule has 0 radical (unpaired) electrons. The van der Waals surface area contributed by atoms with Crippen molar-refractivity contribution in [3.8, 4) is 22.5 Å². The van der Waals surface area contributed by atoms with Crippen LogP contribution in [0.1, 0.15) is 0 Å². The maximum absolute atomic E-state index is 6.05. The number of hydrogen-bond acceptors (Lipinski definition) is 4. The Kier molecular flexibility index (Phi) is 3.46. The van der Waals surface area contributed by atoms with Crippen LogP contribution in [0.4, 0.5) is 5.82 Å². The van der Waals surface area contributed by atoms with Gasteiger partial charge in [-0.25, -0.2) is 0 Å². The highest BCUT2D eigenvalue weighted by Crippen LogP contribution is 2.40. The summed E-state index contributed by atoms with van der Waals surface area (Å²) >= 11 is 9.53. The van der Waals surface area contributed by atoms with E-state index >= 15 is 0 Å². The largest absolute Gasteiger partial charge is 0.380 e. The first-order chi connectivity index (χ1) is 9.66. The highest BCUT2D eigenvalue weighted by Gasteiger charge is 2.19. The third-order valence-corrected chi connectivity index (χ3v) is 3.77. The molecule has 0 saturated heterocycles. The molecular weight excluding hydrogens is 342 g/mol. The monoisotopic (exact) mass is 349 g/mol. The van der Waals surface area contributed by atoms with Crippen LogP contribution < -0.4 is 5.73 Å². The molecule has 0 bridgehead atoms. The molecule has 100 valence electrons. The molecule has 3 aromatic rings. The third kappa shape index (κ3) is 2.30. The van der Waals surface area contributed by atoms with Crippen LogP contribution in [0.15, 0.2) is 51.7 Å². The molecule has 2 heterocycles. The van der Waals surface area contributed by atoms with Crippen LogP contribution in [0.3, 0.4) is 0 Å². The second kappa shape index (κ2) is 5.26. The summed E-state index contributed by atoms with van der Waals surface area (Å²) in [6, 6.07) is 9.17. The summed E-state index contributed by atoms with van der Waals surface area (Å²) in [5.41, 5.74) is 8.26. The van der Waals surface area contributed by atoms with Crippen molar-refractivity contribution < 1.29 is 4.52 Å². The maximum Gasteiger partial charge on any atom is 0.178 e. The lowest BCUT2D eigenvalue weighted by molar-refractivity contribution is 0.436. The van der Waals surface area contributed by atoms with Crippen molar-refractivity contribution in [1.82, 2.24) is 10.1 Å². The van der Waals surface area contributed by atoms with Crippen molar-refractivity contribution in [1.29, 1.82) is 0 Å². The number of nitrogens with two attached hydrogens (primary N) is 1. The highest BCUT2D eigenvalue weighted by atomic mass is 79.9. The molecule has 2 aromatic heterocycles. The van der Waals surface area contributed by atoms with E-state index in [1.807, 2.05) is 18.2 Å². The van der Waals surface area contributed by atoms with Crippen LogP contribution in [-0.4, -0.2) is 10.1 Å². The minimum Gasteiger partial charge on any atom is -0.380 e. The van der Waals surface area contributed by atoms with Gasteiger partial charge in [0.1, 0.15) is 0 Å². The Morgan fingerprint density at radius 3 is 2.85 bits per heavy atom. The zero-order valence-electron chi connectivity index (χ0n) is 10.2. The van der Waals surface area contributed by atoms with Gasteiger partial charge in [-0.15, -0.1) is 0 Å². The summed E-state index contributed by atoms with van der Waals surface area (Å²) in [5.74, 6) is 0.879. The molecule has 6 heteroatoms. The van der Waals surface area contributed by atoms with Gasteiger partial charge in [0.25, 0.3) is 0 Å². The van der Waals surface area contributed by atoms with Crippen molar-refractivity contribution in [2.24, 2.45) is 0 Å². The van der Waals surface area contributed by atoms with E-state index in [2.05, 4.69) is 26.1 Å². The summed E-state index contributed by atoms with van der Waals surface area (Å²) < 4.78 is 6.23. The number of hydrogen-bond donors (Lipinski definition) is 1. The van der Waals surface area contributed by atoms with Gasteiger partial charge in [0.15, 0.2) is 11.6 Å². The van der Waals surface area contributed by atoms with Gasteiger partial charge < -0.3 is 10.3 Å². The predicted molar refractivity (Wildman–Crippen MR) is 82.3 cm³/mol. The molecule has 3 rings (SSSR count). The molecule has 4 nitrogen and oxygen atoms in total. The van der Waals surface area contributed by atoms with Crippen LogP contribution in [0, 0.1) is 0 Å². The summed E-state index contributed by atoms with van der Waals surface area (Å²) in [4.78, 5) is 4.09. The standard InChI is InChI=1S/C14H9BrClN3O/c15-11-4-3-9(16)6-10(11)13-12(14(17)19-20-13)8-2-1-5-18-7-8/h1-7H,(H2,17,19). The second-order valence-electron chi connectivity index (χ2n) is 4.14. The summed E-state index contributed by atoms with van der Waals surface area (Å²) in [6.07, 6.45) is 3.41. The van der Waals surface area contributed by atoms with E-state index in [4.69, 9.17) is 21.9 Å². The molecule has 20 heavy (non-hydrogen) atoms. The van der Waals surface area contributed by atoms with E-state index in [1.165, 1.54) is 0 Å². The molecule has 0 fully saturated rings. The number of nitrogen functional groups attached to an aromatic ring is 1. The van der Waals surface area contributed by atoms with Crippen LogP contribution in [0.2, 0.25) is 5.02 Å². The Bertz CT molecular complexity index is 758. The smallest absolute Gasteiger partial charge is 0.178 e. The molecular formula is C14H9BrClN3O. The SMILES string of the molecule is Nc1noc(-c2cc(Cl)ccc2Br)c1-c1cccnc1. The van der Waals surface area contributed by atoms with Gasteiger partial charge in [0, 0.05) is 33.0 Å². The Balaban J connectivity index is 2.24. The van der Waals surface area contributed by atoms with E-state index in [0.717, 1.165) is 15.6 Å². The first kappa shape index (κ1) is 13.1. The topological polar surface area (TPSA) is 64.9 Å². The van der Waals surface area contributed by atoms with Gasteiger partial charge in [-0.2, -0.15) is 0 Å². The highest BCUT2D eigenvalue weighted by molar-refractivity contribution is 9.10. The first-order valence-electron chi connectivity index (χ1n) is 5.78. The van der Waals surface area contributed by atoms with Crippen molar-refractivity contribution in [3.05, 3.63) is 52.2 Å². The lowest BCUT2D eigenvalue weighted by Gasteiger charge is -2.05. The minimum absolute atomic E-state index is 0.319. The molecule has 0 atom stereocenters. The van der Waals surface area contributed by atoms with Crippen LogP contribution in [0.25, 0.3) is 22.5 Å². The van der Waals surface area contributed by atoms with Gasteiger partial charge in [-0.1, -0.05) is 38.8 Å². The predicted octanol–water partition coefficient (Wildman–Crippen LogP) is 4.40. The zero-order chi connectivity index (χ0) is 14.1. The average molecular weight is 351 g/mol. The van der Waals surface area contributed by atoms with E-state index < -0.39 is 0 Å². The Morgan fingerprint density at radius 1 is 1.25 bits per heavy atom. The van der Waals surface area contributed by atoms with Crippen molar-refractivity contribution in [2.45, 2.75) is 0 Å². The van der Waals surface area contributed by atoms with Gasteiger partial charge >= 0.3 is 0 Å². The Morgan fingerprint density at radius 2 is 2.10 bits per heavy atom. The Labute approximate surface area is 128 Å². The van der Waals surface area contributed by atoms with Gasteiger partial charge in [-0.3, -0.25) is 4.98 Å². The van der Waals surface area contributed by atoms with Crippen molar-refractivity contribution in [2.75, 3.05) is 5.73 Å². The fourth-order valence-electron chi connectivity index (χ4n) is 1.95. The molecule has 0 aliphatic rings. The number of aromatic nitrogens is 2. The zero-order valence-corrected chi connectivity index (χ0v) is 12.5. The molecule has 0 aliphatic carbocycles. The normalized spacial score (nSPS) is 10.7. The van der Waals surface area contributed by atoms with Gasteiger partial charge in [-0.05, 0) is 24.3 Å². The van der Waals surface area contributed by atoms with Gasteiger partial charge in [0.05, 0.1) is 5.56 Å². The summed E-state index contributed by atoms with van der Waals surface area (Å²) in [5, 5.41) is 4.46. The van der Waals surface area contributed by atoms with Crippen molar-refractivity contribution in [3.63, 3.8) is 0 Å². The molecule has 0 spiro atoms. The lowest BCUT2D eigenvalue weighted by atomic mass is 10.0. The van der Waals surface area contributed by atoms with Crippen molar-refractivity contribution >= 4 is 33.3 Å². The molecule has 0 unspecified atom stereocenters. The number of halogens is 2. The third-order valence-electron chi connectivity index (χ3n) is 2.84. The average Bonchev–Trinajstić information content (AvgIpc) is 2.84. The van der Waals surface area contributed by atoms with E-state index in [9.17, 15) is 0 Å². The fourth-order valence-corrected chi connectivity index (χ4v) is 2.55. The molecule has 0 saturated carbocycles. The molecule has 1 aromatic carbocycles. The van der Waals surface area contributed by atoms with E-state index in [0.29, 0.717) is 22.2 Å². The van der Waals surface area contributed by atoms with E-state index in [-0.39, 0.29) is 0 Å². The van der Waals surface area contributed by atoms with Crippen LogP contribution >= 0.6 is 27.5 Å². The number of anilines is 1. The minimum atomic E-state index is 0.319. The van der Waals surface area contributed by atoms with Crippen LogP contribution in [0.5, 0.6) is 0 Å². The molecule has 0 amide bonds. The number of benzene rings is 1. The number of rotatable bonds is 2. The quantitative estimate of drug-likeness (QED) is 0.744.